The highest BCUT2D eigenvalue weighted by atomic mass is 16.4. The number of carbonyl (C=O) groups is 10. The molecule has 12 N–H and O–H groups in total. The molecule has 0 aliphatic rings. The van der Waals surface area contributed by atoms with Gasteiger partial charge in [-0.05, 0) is 62.2 Å². The Morgan fingerprint density at radius 3 is 1.21 bits per heavy atom. The normalized spacial score (nSPS) is 15.2. The van der Waals surface area contributed by atoms with Gasteiger partial charge in [0.15, 0.2) is 0 Å². The molecule has 0 saturated heterocycles. The van der Waals surface area contributed by atoms with E-state index in [2.05, 4.69) is 42.5 Å². The maximum atomic E-state index is 13.8. The second kappa shape index (κ2) is 28.3. The molecule has 8 unspecified atom stereocenters. The quantitative estimate of drug-likeness (QED) is 0.0442. The van der Waals surface area contributed by atoms with Gasteiger partial charge in [0.25, 0.3) is 0 Å². The molecule has 0 bridgehead atoms. The molecule has 21 nitrogen and oxygen atoms in total. The van der Waals surface area contributed by atoms with Crippen molar-refractivity contribution in [1.82, 2.24) is 42.5 Å². The largest absolute Gasteiger partial charge is 0.481 e. The molecule has 0 spiro atoms. The number of carboxylic acids is 2. The second-order valence-electron chi connectivity index (χ2n) is 17.5. The topological polar surface area (TPSA) is 333 Å². The lowest BCUT2D eigenvalue weighted by atomic mass is 9.96. The van der Waals surface area contributed by atoms with E-state index in [0.717, 1.165) is 0 Å². The van der Waals surface area contributed by atoms with E-state index < -0.39 is 127 Å². The summed E-state index contributed by atoms with van der Waals surface area (Å²) in [5.41, 5.74) is 5.52. The second-order valence-corrected chi connectivity index (χ2v) is 17.5. The number of hydrogen-bond acceptors (Lipinski definition) is 11. The standard InChI is InChI=1S/C41H73N9O12/c1-12-24(10)34(40(60)49-26(13-20(2)3)36(56)44-19-32(52)46-30(41(61)62)16-23(8)9)50-39(59)29(17-33(53)54)48-38(58)28(15-22(6)7)47-37(57)27(14-21(4)5)45-31(51)18-43-35(55)25(11)42/h20-30,34H,12-19,42H2,1-11H3,(H,43,55)(H,44,56)(H,45,51)(H,46,52)(H,47,57)(H,48,58)(H,49,60)(H,50,59)(H,53,54)(H,61,62). The zero-order chi connectivity index (χ0) is 48.0. The summed E-state index contributed by atoms with van der Waals surface area (Å²) in [5.74, 6) is -10.0. The number of amides is 8. The Bertz CT molecular complexity index is 1550. The fourth-order valence-electron chi connectivity index (χ4n) is 6.06. The van der Waals surface area contributed by atoms with Gasteiger partial charge < -0.3 is 58.5 Å². The Kier molecular flexibility index (Phi) is 25.9. The zero-order valence-corrected chi connectivity index (χ0v) is 38.1. The summed E-state index contributed by atoms with van der Waals surface area (Å²) in [4.78, 5) is 129. The van der Waals surface area contributed by atoms with Gasteiger partial charge in [-0.1, -0.05) is 75.7 Å². The molecule has 354 valence electrons. The average molecular weight is 884 g/mol. The number of nitrogens with two attached hydrogens (primary N) is 1. The van der Waals surface area contributed by atoms with Crippen molar-refractivity contribution in [2.24, 2.45) is 35.3 Å². The molecule has 0 aromatic heterocycles. The van der Waals surface area contributed by atoms with Gasteiger partial charge in [-0.2, -0.15) is 0 Å². The van der Waals surface area contributed by atoms with E-state index in [1.54, 1.807) is 69.2 Å². The number of rotatable bonds is 29. The van der Waals surface area contributed by atoms with E-state index in [4.69, 9.17) is 5.73 Å². The number of hydrogen-bond donors (Lipinski definition) is 11. The molecule has 0 rings (SSSR count). The molecule has 0 aliphatic heterocycles. The lowest BCUT2D eigenvalue weighted by Crippen LogP contribution is -2.61. The Balaban J connectivity index is 6.25. The van der Waals surface area contributed by atoms with Crippen LogP contribution in [0.15, 0.2) is 0 Å². The molecule has 0 radical (unpaired) electrons. The Hall–Kier alpha value is -5.34. The highest BCUT2D eigenvalue weighted by Gasteiger charge is 2.36. The first-order valence-corrected chi connectivity index (χ1v) is 21.2. The van der Waals surface area contributed by atoms with Crippen molar-refractivity contribution in [2.75, 3.05) is 13.1 Å². The summed E-state index contributed by atoms with van der Waals surface area (Å²) in [6.07, 6.45) is -0.102. The average Bonchev–Trinajstić information content (AvgIpc) is 3.15. The van der Waals surface area contributed by atoms with Gasteiger partial charge >= 0.3 is 11.9 Å². The van der Waals surface area contributed by atoms with E-state index in [1.165, 1.54) is 6.92 Å². The molecule has 8 atom stereocenters. The smallest absolute Gasteiger partial charge is 0.326 e. The van der Waals surface area contributed by atoms with Gasteiger partial charge in [0.05, 0.1) is 25.6 Å². The van der Waals surface area contributed by atoms with Crippen LogP contribution >= 0.6 is 0 Å². The lowest BCUT2D eigenvalue weighted by Gasteiger charge is -2.29. The number of carbonyl (C=O) groups excluding carboxylic acids is 8. The van der Waals surface area contributed by atoms with Crippen molar-refractivity contribution in [2.45, 2.75) is 157 Å². The number of carboxylic acid groups (broad SMARTS) is 2. The molecule has 0 heterocycles. The first-order chi connectivity index (χ1) is 28.7. The van der Waals surface area contributed by atoms with Crippen LogP contribution in [0.4, 0.5) is 0 Å². The van der Waals surface area contributed by atoms with Crippen molar-refractivity contribution in [3.8, 4) is 0 Å². The molecular formula is C41H73N9O12. The fraction of sp³-hybridized carbons (Fsp3) is 0.756. The maximum Gasteiger partial charge on any atom is 0.326 e. The first kappa shape index (κ1) is 56.7. The minimum atomic E-state index is -1.73. The summed E-state index contributed by atoms with van der Waals surface area (Å²) in [6, 6.07) is -8.74. The van der Waals surface area contributed by atoms with E-state index in [-0.39, 0.29) is 49.4 Å². The van der Waals surface area contributed by atoms with Crippen LogP contribution in [0.25, 0.3) is 0 Å². The molecule has 0 aliphatic carbocycles. The third-order valence-electron chi connectivity index (χ3n) is 9.44. The van der Waals surface area contributed by atoms with Crippen LogP contribution in [0.3, 0.4) is 0 Å². The summed E-state index contributed by atoms with van der Waals surface area (Å²) in [5, 5.41) is 39.0. The van der Waals surface area contributed by atoms with Crippen molar-refractivity contribution in [3.05, 3.63) is 0 Å². The minimum Gasteiger partial charge on any atom is -0.481 e. The van der Waals surface area contributed by atoms with Gasteiger partial charge in [-0.3, -0.25) is 43.2 Å². The summed E-state index contributed by atoms with van der Waals surface area (Å²) in [6.45, 7) is 18.1. The van der Waals surface area contributed by atoms with Crippen LogP contribution in [0, 0.1) is 29.6 Å². The SMILES string of the molecule is CCC(C)C(NC(=O)C(CC(=O)O)NC(=O)C(CC(C)C)NC(=O)C(CC(C)C)NC(=O)CNC(=O)C(C)N)C(=O)NC(CC(C)C)C(=O)NCC(=O)NC(CC(C)C)C(=O)O. The van der Waals surface area contributed by atoms with E-state index >= 15 is 0 Å². The van der Waals surface area contributed by atoms with Gasteiger partial charge in [-0.25, -0.2) is 4.79 Å². The van der Waals surface area contributed by atoms with Crippen molar-refractivity contribution in [3.63, 3.8) is 0 Å². The number of nitrogens with one attached hydrogen (secondary N) is 8. The summed E-state index contributed by atoms with van der Waals surface area (Å²) < 4.78 is 0. The molecule has 62 heavy (non-hydrogen) atoms. The molecule has 0 aromatic carbocycles. The van der Waals surface area contributed by atoms with Crippen LogP contribution in [0.5, 0.6) is 0 Å². The Labute approximate surface area is 364 Å². The van der Waals surface area contributed by atoms with E-state index in [0.29, 0.717) is 6.42 Å². The van der Waals surface area contributed by atoms with E-state index in [1.807, 2.05) is 0 Å². The zero-order valence-electron chi connectivity index (χ0n) is 38.1. The van der Waals surface area contributed by atoms with Crippen LogP contribution in [0.1, 0.15) is 115 Å². The monoisotopic (exact) mass is 884 g/mol. The minimum absolute atomic E-state index is 0.0363. The molecule has 0 saturated carbocycles. The molecule has 0 fully saturated rings. The third kappa shape index (κ3) is 23.0. The van der Waals surface area contributed by atoms with E-state index in [9.17, 15) is 58.2 Å². The van der Waals surface area contributed by atoms with Gasteiger partial charge in [0, 0.05) is 0 Å². The summed E-state index contributed by atoms with van der Waals surface area (Å²) >= 11 is 0. The molecule has 21 heteroatoms. The van der Waals surface area contributed by atoms with Crippen molar-refractivity contribution >= 4 is 59.2 Å². The maximum absolute atomic E-state index is 13.8. The van der Waals surface area contributed by atoms with Gasteiger partial charge in [-0.15, -0.1) is 0 Å². The van der Waals surface area contributed by atoms with Crippen molar-refractivity contribution < 1.29 is 58.2 Å². The predicted molar refractivity (Wildman–Crippen MR) is 228 cm³/mol. The van der Waals surface area contributed by atoms with Gasteiger partial charge in [0.1, 0.15) is 36.3 Å². The first-order valence-electron chi connectivity index (χ1n) is 21.2. The Morgan fingerprint density at radius 2 is 0.806 bits per heavy atom. The van der Waals surface area contributed by atoms with Crippen LogP contribution < -0.4 is 48.3 Å². The van der Waals surface area contributed by atoms with Crippen molar-refractivity contribution in [1.29, 1.82) is 0 Å². The van der Waals surface area contributed by atoms with Gasteiger partial charge in [0.2, 0.25) is 47.3 Å². The van der Waals surface area contributed by atoms with Crippen LogP contribution in [0.2, 0.25) is 0 Å². The fourth-order valence-corrected chi connectivity index (χ4v) is 6.06. The third-order valence-corrected chi connectivity index (χ3v) is 9.44. The predicted octanol–water partition coefficient (Wildman–Crippen LogP) is -0.735. The lowest BCUT2D eigenvalue weighted by molar-refractivity contribution is -0.142. The summed E-state index contributed by atoms with van der Waals surface area (Å²) in [7, 11) is 0. The van der Waals surface area contributed by atoms with Crippen LogP contribution in [-0.2, 0) is 47.9 Å². The Morgan fingerprint density at radius 1 is 0.452 bits per heavy atom. The molecule has 8 amide bonds. The highest BCUT2D eigenvalue weighted by Crippen LogP contribution is 2.13. The number of aliphatic carboxylic acids is 2. The highest BCUT2D eigenvalue weighted by molar-refractivity contribution is 5.98. The van der Waals surface area contributed by atoms with Crippen LogP contribution in [-0.4, -0.2) is 125 Å². The molecular weight excluding hydrogens is 811 g/mol. The molecule has 0 aromatic rings.